The van der Waals surface area contributed by atoms with Crippen LogP contribution in [0.2, 0.25) is 0 Å². The molecule has 0 amide bonds. The van der Waals surface area contributed by atoms with Crippen LogP contribution in [0.4, 0.5) is 5.82 Å². The van der Waals surface area contributed by atoms with Gasteiger partial charge in [0.05, 0.1) is 12.5 Å². The number of hydrogen-bond donors (Lipinski definition) is 3. The van der Waals surface area contributed by atoms with E-state index in [0.29, 0.717) is 0 Å². The van der Waals surface area contributed by atoms with Gasteiger partial charge >= 0.3 is 11.9 Å². The van der Waals surface area contributed by atoms with Crippen LogP contribution in [0, 0.1) is 6.92 Å². The summed E-state index contributed by atoms with van der Waals surface area (Å²) < 4.78 is 5.22. The maximum Gasteiger partial charge on any atom is 0.414 e. The van der Waals surface area contributed by atoms with E-state index in [2.05, 4.69) is 22.4 Å². The fourth-order valence-electron chi connectivity index (χ4n) is 3.51. The molecule has 0 spiro atoms. The van der Waals surface area contributed by atoms with E-state index in [0.717, 1.165) is 41.6 Å². The molecule has 1 aromatic carbocycles. The molecule has 31 heavy (non-hydrogen) atoms. The number of benzene rings is 1. The molecule has 4 rings (SSSR count). The minimum Gasteiger partial charge on any atom is -0.497 e. The summed E-state index contributed by atoms with van der Waals surface area (Å²) in [6.45, 7) is 2.84. The summed E-state index contributed by atoms with van der Waals surface area (Å²) in [6, 6.07) is 8.26. The van der Waals surface area contributed by atoms with E-state index in [4.69, 9.17) is 29.5 Å². The molecule has 3 aromatic rings. The Morgan fingerprint density at radius 3 is 2.42 bits per heavy atom. The first-order valence-corrected chi connectivity index (χ1v) is 10.8. The van der Waals surface area contributed by atoms with Gasteiger partial charge in [-0.3, -0.25) is 0 Å². The van der Waals surface area contributed by atoms with Gasteiger partial charge in [0.25, 0.3) is 0 Å². The molecular weight excluding hydrogens is 418 g/mol. The predicted octanol–water partition coefficient (Wildman–Crippen LogP) is 3.70. The molecule has 0 saturated heterocycles. The Morgan fingerprint density at radius 2 is 1.77 bits per heavy atom. The highest BCUT2D eigenvalue weighted by Gasteiger charge is 2.20. The van der Waals surface area contributed by atoms with Crippen LogP contribution in [0.5, 0.6) is 5.75 Å². The van der Waals surface area contributed by atoms with Crippen molar-refractivity contribution < 1.29 is 24.5 Å². The first-order valence-electron chi connectivity index (χ1n) is 10.0. The van der Waals surface area contributed by atoms with Crippen molar-refractivity contribution in [2.24, 2.45) is 0 Å². The summed E-state index contributed by atoms with van der Waals surface area (Å²) in [5.41, 5.74) is 2.78. The van der Waals surface area contributed by atoms with E-state index in [1.54, 1.807) is 7.11 Å². The normalized spacial score (nSPS) is 12.5. The number of aliphatic carboxylic acids is 2. The Labute approximate surface area is 183 Å². The number of aryl methyl sites for hydroxylation is 3. The number of carboxylic acid groups (broad SMARTS) is 2. The highest BCUT2D eigenvalue weighted by atomic mass is 32.1. The Hall–Kier alpha value is -3.20. The van der Waals surface area contributed by atoms with Gasteiger partial charge in [-0.2, -0.15) is 0 Å². The molecule has 0 unspecified atom stereocenters. The quantitative estimate of drug-likeness (QED) is 0.510. The number of nitrogens with one attached hydrogen (secondary N) is 1. The van der Waals surface area contributed by atoms with Crippen molar-refractivity contribution in [3.05, 3.63) is 46.1 Å². The zero-order valence-electron chi connectivity index (χ0n) is 17.5. The molecule has 0 bridgehead atoms. The summed E-state index contributed by atoms with van der Waals surface area (Å²) in [5.74, 6) is -0.895. The second kappa shape index (κ2) is 10.2. The third-order valence-corrected chi connectivity index (χ3v) is 6.16. The molecule has 0 fully saturated rings. The van der Waals surface area contributed by atoms with E-state index >= 15 is 0 Å². The van der Waals surface area contributed by atoms with Gasteiger partial charge in [0.2, 0.25) is 0 Å². The number of aromatic nitrogens is 2. The molecule has 0 aliphatic heterocycles. The lowest BCUT2D eigenvalue weighted by atomic mass is 9.97. The van der Waals surface area contributed by atoms with Crippen LogP contribution < -0.4 is 10.1 Å². The van der Waals surface area contributed by atoms with Crippen molar-refractivity contribution >= 4 is 39.3 Å². The van der Waals surface area contributed by atoms with Gasteiger partial charge < -0.3 is 20.3 Å². The van der Waals surface area contributed by atoms with Gasteiger partial charge in [0.1, 0.15) is 22.2 Å². The number of hydrogen-bond acceptors (Lipinski definition) is 7. The first kappa shape index (κ1) is 22.5. The number of rotatable bonds is 5. The SMILES string of the molecule is COc1ccc(CCNc2nc(C)nc3sc4c(c23)CCCC4)cc1.O=C(O)C(=O)O. The standard InChI is InChI=1S/C20H23N3OS.C2H2O4/c1-13-22-19(21-12-11-14-7-9-15(24-2)10-8-14)18-16-5-3-4-6-17(16)25-20(18)23-13;3-1(4)2(5)6/h7-10H,3-6,11-12H2,1-2H3,(H,21,22,23);(H,3,4)(H,5,6). The average Bonchev–Trinajstić information content (AvgIpc) is 3.12. The number of carboxylic acids is 2. The lowest BCUT2D eigenvalue weighted by molar-refractivity contribution is -0.159. The van der Waals surface area contributed by atoms with E-state index in [1.807, 2.05) is 30.4 Å². The van der Waals surface area contributed by atoms with Crippen LogP contribution >= 0.6 is 11.3 Å². The van der Waals surface area contributed by atoms with E-state index < -0.39 is 11.9 Å². The topological polar surface area (TPSA) is 122 Å². The zero-order valence-corrected chi connectivity index (χ0v) is 18.3. The first-order chi connectivity index (χ1) is 14.9. The maximum atomic E-state index is 9.10. The molecule has 0 saturated carbocycles. The van der Waals surface area contributed by atoms with Crippen molar-refractivity contribution in [2.45, 2.75) is 39.0 Å². The number of carbonyl (C=O) groups is 2. The minimum atomic E-state index is -1.82. The van der Waals surface area contributed by atoms with Crippen LogP contribution in [0.1, 0.15) is 34.7 Å². The molecule has 0 radical (unpaired) electrons. The van der Waals surface area contributed by atoms with E-state index in [-0.39, 0.29) is 0 Å². The van der Waals surface area contributed by atoms with Crippen LogP contribution in [0.25, 0.3) is 10.2 Å². The molecule has 0 atom stereocenters. The Kier molecular flexibility index (Phi) is 7.41. The number of ether oxygens (including phenoxy) is 1. The lowest BCUT2D eigenvalue weighted by Crippen LogP contribution is -2.09. The van der Waals surface area contributed by atoms with Crippen molar-refractivity contribution in [3.63, 3.8) is 0 Å². The number of methoxy groups -OCH3 is 1. The predicted molar refractivity (Wildman–Crippen MR) is 119 cm³/mol. The maximum absolute atomic E-state index is 9.10. The third-order valence-electron chi connectivity index (χ3n) is 4.97. The fourth-order valence-corrected chi connectivity index (χ4v) is 4.82. The summed E-state index contributed by atoms with van der Waals surface area (Å²) in [4.78, 5) is 30.2. The molecule has 3 N–H and O–H groups in total. The van der Waals surface area contributed by atoms with Gasteiger partial charge in [0.15, 0.2) is 0 Å². The smallest absolute Gasteiger partial charge is 0.414 e. The van der Waals surface area contributed by atoms with E-state index in [1.165, 1.54) is 40.7 Å². The van der Waals surface area contributed by atoms with E-state index in [9.17, 15) is 0 Å². The molecule has 8 nitrogen and oxygen atoms in total. The van der Waals surface area contributed by atoms with Gasteiger partial charge in [-0.25, -0.2) is 19.6 Å². The van der Waals surface area contributed by atoms with Gasteiger partial charge in [-0.05, 0) is 62.3 Å². The van der Waals surface area contributed by atoms with Gasteiger partial charge in [-0.15, -0.1) is 11.3 Å². The number of fused-ring (bicyclic) bond motifs is 3. The summed E-state index contributed by atoms with van der Waals surface area (Å²) >= 11 is 1.86. The van der Waals surface area contributed by atoms with Crippen molar-refractivity contribution in [1.82, 2.24) is 9.97 Å². The van der Waals surface area contributed by atoms with Gasteiger partial charge in [-0.1, -0.05) is 12.1 Å². The minimum absolute atomic E-state index is 0.845. The fraction of sp³-hybridized carbons (Fsp3) is 0.364. The highest BCUT2D eigenvalue weighted by Crippen LogP contribution is 2.38. The largest absolute Gasteiger partial charge is 0.497 e. The molecule has 9 heteroatoms. The Bertz CT molecular complexity index is 1070. The number of nitrogens with zero attached hydrogens (tertiary/aromatic N) is 2. The molecule has 2 heterocycles. The summed E-state index contributed by atoms with van der Waals surface area (Å²) in [5, 5.41) is 19.6. The lowest BCUT2D eigenvalue weighted by Gasteiger charge is -2.13. The van der Waals surface area contributed by atoms with Crippen LogP contribution in [-0.2, 0) is 28.9 Å². The second-order valence-electron chi connectivity index (χ2n) is 7.15. The van der Waals surface area contributed by atoms with Crippen LogP contribution in [0.15, 0.2) is 24.3 Å². The molecule has 1 aliphatic rings. The third kappa shape index (κ3) is 5.69. The summed E-state index contributed by atoms with van der Waals surface area (Å²) in [6.07, 6.45) is 5.89. The average molecular weight is 444 g/mol. The van der Waals surface area contributed by atoms with Crippen molar-refractivity contribution in [2.75, 3.05) is 19.0 Å². The van der Waals surface area contributed by atoms with Crippen molar-refractivity contribution in [1.29, 1.82) is 0 Å². The monoisotopic (exact) mass is 443 g/mol. The number of anilines is 1. The Balaban J connectivity index is 0.000000401. The molecule has 1 aliphatic carbocycles. The summed E-state index contributed by atoms with van der Waals surface area (Å²) in [7, 11) is 1.70. The van der Waals surface area contributed by atoms with Crippen molar-refractivity contribution in [3.8, 4) is 5.75 Å². The molecular formula is C22H25N3O5S. The van der Waals surface area contributed by atoms with Crippen LogP contribution in [0.3, 0.4) is 0 Å². The van der Waals surface area contributed by atoms with Crippen LogP contribution in [-0.4, -0.2) is 45.8 Å². The number of thiophene rings is 1. The molecule has 164 valence electrons. The van der Waals surface area contributed by atoms with Gasteiger partial charge in [0, 0.05) is 11.4 Å². The second-order valence-corrected chi connectivity index (χ2v) is 8.23. The highest BCUT2D eigenvalue weighted by molar-refractivity contribution is 7.19. The Morgan fingerprint density at radius 1 is 1.10 bits per heavy atom. The molecule has 2 aromatic heterocycles. The zero-order chi connectivity index (χ0) is 22.4.